The lowest BCUT2D eigenvalue weighted by Gasteiger charge is -2.33. The van der Waals surface area contributed by atoms with Crippen LogP contribution >= 0.6 is 24.0 Å². The van der Waals surface area contributed by atoms with Gasteiger partial charge in [-0.3, -0.25) is 9.79 Å². The van der Waals surface area contributed by atoms with Crippen molar-refractivity contribution in [1.82, 2.24) is 10.2 Å². The second-order valence-corrected chi connectivity index (χ2v) is 8.61. The molecule has 7 nitrogen and oxygen atoms in total. The molecule has 0 aromatic heterocycles. The van der Waals surface area contributed by atoms with E-state index in [9.17, 15) is 13.2 Å². The highest BCUT2D eigenvalue weighted by atomic mass is 127. The van der Waals surface area contributed by atoms with Gasteiger partial charge in [-0.15, -0.1) is 24.0 Å². The Hall–Kier alpha value is -1.36. The number of rotatable bonds is 7. The molecule has 1 aromatic rings. The fraction of sp³-hybridized carbons (Fsp3) is 0.579. The zero-order valence-electron chi connectivity index (χ0n) is 16.5. The number of ether oxygens (including phenoxy) is 1. The maximum absolute atomic E-state index is 12.3. The number of halogens is 1. The summed E-state index contributed by atoms with van der Waals surface area (Å²) in [5, 5.41) is 3.25. The second kappa shape index (κ2) is 12.3. The van der Waals surface area contributed by atoms with Gasteiger partial charge in [-0.2, -0.15) is 0 Å². The molecule has 2 rings (SSSR count). The Bertz CT molecular complexity index is 733. The first-order chi connectivity index (χ1) is 13.0. The minimum atomic E-state index is -3.27. The number of aliphatic imine (C=N–C) groups is 1. The van der Waals surface area contributed by atoms with Gasteiger partial charge in [-0.1, -0.05) is 18.2 Å². The van der Waals surface area contributed by atoms with Crippen LogP contribution < -0.4 is 5.32 Å². The third-order valence-corrected chi connectivity index (χ3v) is 6.42. The number of piperidine rings is 1. The second-order valence-electron chi connectivity index (χ2n) is 6.51. The highest BCUT2D eigenvalue weighted by Crippen LogP contribution is 2.18. The lowest BCUT2D eigenvalue weighted by atomic mass is 9.97. The van der Waals surface area contributed by atoms with Crippen LogP contribution in [0.1, 0.15) is 26.2 Å². The Labute approximate surface area is 184 Å². The third kappa shape index (κ3) is 7.23. The summed E-state index contributed by atoms with van der Waals surface area (Å²) in [6.45, 7) is 4.63. The van der Waals surface area contributed by atoms with Gasteiger partial charge in [0.15, 0.2) is 15.8 Å². The van der Waals surface area contributed by atoms with Crippen molar-refractivity contribution in [3.05, 3.63) is 30.3 Å². The molecule has 1 fully saturated rings. The summed E-state index contributed by atoms with van der Waals surface area (Å²) in [6.07, 6.45) is 1.93. The van der Waals surface area contributed by atoms with Crippen LogP contribution in [0.5, 0.6) is 0 Å². The predicted molar refractivity (Wildman–Crippen MR) is 121 cm³/mol. The number of carbonyl (C=O) groups is 1. The highest BCUT2D eigenvalue weighted by Gasteiger charge is 2.26. The number of carbonyl (C=O) groups excluding carboxylic acids is 1. The summed E-state index contributed by atoms with van der Waals surface area (Å²) in [5.41, 5.74) is 0. The number of esters is 1. The molecule has 0 radical (unpaired) electrons. The van der Waals surface area contributed by atoms with E-state index in [-0.39, 0.29) is 41.6 Å². The number of nitrogens with zero attached hydrogens (tertiary/aromatic N) is 2. The molecule has 0 bridgehead atoms. The lowest BCUT2D eigenvalue weighted by molar-refractivity contribution is -0.146. The van der Waals surface area contributed by atoms with E-state index in [4.69, 9.17) is 4.74 Å². The average Bonchev–Trinajstić information content (AvgIpc) is 2.70. The first kappa shape index (κ1) is 24.7. The minimum Gasteiger partial charge on any atom is -0.469 e. The predicted octanol–water partition coefficient (Wildman–Crippen LogP) is 2.32. The average molecular weight is 523 g/mol. The fourth-order valence-corrected chi connectivity index (χ4v) is 4.42. The van der Waals surface area contributed by atoms with Crippen LogP contribution in [0, 0.1) is 5.92 Å². The summed E-state index contributed by atoms with van der Waals surface area (Å²) in [4.78, 5) is 18.7. The summed E-state index contributed by atoms with van der Waals surface area (Å²) in [5.74, 6) is 0.649. The van der Waals surface area contributed by atoms with Crippen LogP contribution in [-0.2, 0) is 19.4 Å². The van der Waals surface area contributed by atoms with E-state index in [1.807, 2.05) is 6.92 Å². The first-order valence-corrected chi connectivity index (χ1v) is 11.0. The molecule has 0 amide bonds. The molecule has 0 saturated carbocycles. The molecule has 1 aliphatic heterocycles. The van der Waals surface area contributed by atoms with Gasteiger partial charge in [0, 0.05) is 26.2 Å². The SMILES string of the molecule is CCNC(=NCCCS(=O)(=O)c1ccccc1)N1CCC(C(=O)OC)CC1.I. The number of hydrogen-bond donors (Lipinski definition) is 1. The number of hydrogen-bond acceptors (Lipinski definition) is 5. The number of likely N-dealkylation sites (tertiary alicyclic amines) is 1. The van der Waals surface area contributed by atoms with Crippen molar-refractivity contribution < 1.29 is 17.9 Å². The molecule has 28 heavy (non-hydrogen) atoms. The quantitative estimate of drug-likeness (QED) is 0.194. The summed E-state index contributed by atoms with van der Waals surface area (Å²) < 4.78 is 29.4. The van der Waals surface area contributed by atoms with Gasteiger partial charge in [-0.25, -0.2) is 8.42 Å². The van der Waals surface area contributed by atoms with Crippen LogP contribution in [0.3, 0.4) is 0 Å². The van der Waals surface area contributed by atoms with Crippen molar-refractivity contribution in [2.45, 2.75) is 31.1 Å². The van der Waals surface area contributed by atoms with E-state index in [1.165, 1.54) is 7.11 Å². The van der Waals surface area contributed by atoms with E-state index < -0.39 is 9.84 Å². The first-order valence-electron chi connectivity index (χ1n) is 9.37. The molecule has 0 atom stereocenters. The maximum atomic E-state index is 12.3. The smallest absolute Gasteiger partial charge is 0.308 e. The molecule has 158 valence electrons. The summed E-state index contributed by atoms with van der Waals surface area (Å²) in [6, 6.07) is 8.50. The largest absolute Gasteiger partial charge is 0.469 e. The van der Waals surface area contributed by atoms with Crippen LogP contribution in [0.2, 0.25) is 0 Å². The minimum absolute atomic E-state index is 0. The van der Waals surface area contributed by atoms with Crippen LogP contribution in [-0.4, -0.2) is 64.3 Å². The van der Waals surface area contributed by atoms with Crippen LogP contribution in [0.15, 0.2) is 40.2 Å². The van der Waals surface area contributed by atoms with Crippen molar-refractivity contribution in [3.63, 3.8) is 0 Å². The Morgan fingerprint density at radius 2 is 1.89 bits per heavy atom. The van der Waals surface area contributed by atoms with Crippen LogP contribution in [0.25, 0.3) is 0 Å². The topological polar surface area (TPSA) is 88.1 Å². The number of methoxy groups -OCH3 is 1. The zero-order valence-corrected chi connectivity index (χ0v) is 19.6. The molecule has 0 aliphatic carbocycles. The van der Waals surface area contributed by atoms with E-state index in [0.29, 0.717) is 17.9 Å². The standard InChI is InChI=1S/C19H29N3O4S.HI/c1-3-20-19(22-13-10-16(11-14-22)18(23)26-2)21-12-7-15-27(24,25)17-8-5-4-6-9-17;/h4-6,8-9,16H,3,7,10-15H2,1-2H3,(H,20,21);1H. The normalized spacial score (nSPS) is 15.6. The molecule has 9 heteroatoms. The Kier molecular flexibility index (Phi) is 10.8. The monoisotopic (exact) mass is 523 g/mol. The van der Waals surface area contributed by atoms with Crippen molar-refractivity contribution in [1.29, 1.82) is 0 Å². The molecular weight excluding hydrogens is 493 g/mol. The molecule has 1 aromatic carbocycles. The van der Waals surface area contributed by atoms with Gasteiger partial charge >= 0.3 is 5.97 Å². The van der Waals surface area contributed by atoms with Gasteiger partial charge in [0.25, 0.3) is 0 Å². The van der Waals surface area contributed by atoms with Gasteiger partial charge in [0.2, 0.25) is 0 Å². The molecule has 1 heterocycles. The molecule has 1 saturated heterocycles. The Morgan fingerprint density at radius 1 is 1.25 bits per heavy atom. The maximum Gasteiger partial charge on any atom is 0.308 e. The van der Waals surface area contributed by atoms with Gasteiger partial charge in [0.1, 0.15) is 0 Å². The lowest BCUT2D eigenvalue weighted by Crippen LogP contribution is -2.46. The molecular formula is C19H30IN3O4S. The summed E-state index contributed by atoms with van der Waals surface area (Å²) >= 11 is 0. The number of benzene rings is 1. The van der Waals surface area contributed by atoms with E-state index in [1.54, 1.807) is 30.3 Å². The number of nitrogens with one attached hydrogen (secondary N) is 1. The molecule has 1 aliphatic rings. The molecule has 0 spiro atoms. The van der Waals surface area contributed by atoms with Gasteiger partial charge in [-0.05, 0) is 38.3 Å². The Balaban J connectivity index is 0.00000392. The van der Waals surface area contributed by atoms with E-state index >= 15 is 0 Å². The van der Waals surface area contributed by atoms with Crippen molar-refractivity contribution >= 4 is 45.7 Å². The third-order valence-electron chi connectivity index (χ3n) is 4.60. The molecule has 0 unspecified atom stereocenters. The Morgan fingerprint density at radius 3 is 2.46 bits per heavy atom. The van der Waals surface area contributed by atoms with Gasteiger partial charge < -0.3 is 15.0 Å². The molecule has 1 N–H and O–H groups in total. The highest BCUT2D eigenvalue weighted by molar-refractivity contribution is 14.0. The van der Waals surface area contributed by atoms with E-state index in [2.05, 4.69) is 15.2 Å². The van der Waals surface area contributed by atoms with Crippen molar-refractivity contribution in [2.24, 2.45) is 10.9 Å². The van der Waals surface area contributed by atoms with Crippen molar-refractivity contribution in [2.75, 3.05) is 39.0 Å². The zero-order chi connectivity index (χ0) is 19.7. The number of sulfone groups is 1. The van der Waals surface area contributed by atoms with Gasteiger partial charge in [0.05, 0.1) is 23.7 Å². The fourth-order valence-electron chi connectivity index (χ4n) is 3.10. The van der Waals surface area contributed by atoms with Crippen molar-refractivity contribution in [3.8, 4) is 0 Å². The summed E-state index contributed by atoms with van der Waals surface area (Å²) in [7, 11) is -1.85. The van der Waals surface area contributed by atoms with E-state index in [0.717, 1.165) is 38.4 Å². The van der Waals surface area contributed by atoms with Crippen LogP contribution in [0.4, 0.5) is 0 Å². The number of guanidine groups is 1.